The Morgan fingerprint density at radius 3 is 2.53 bits per heavy atom. The van der Waals surface area contributed by atoms with Gasteiger partial charge in [0.2, 0.25) is 5.91 Å². The average Bonchev–Trinajstić information content (AvgIpc) is 3.42. The van der Waals surface area contributed by atoms with Crippen LogP contribution in [-0.4, -0.2) is 65.9 Å². The van der Waals surface area contributed by atoms with E-state index >= 15 is 0 Å². The van der Waals surface area contributed by atoms with Gasteiger partial charge in [0.15, 0.2) is 16.7 Å². The van der Waals surface area contributed by atoms with Crippen LogP contribution in [0.15, 0.2) is 35.7 Å². The maximum Gasteiger partial charge on any atom is 0.230 e. The number of amides is 1. The number of piperidine rings is 1. The maximum atomic E-state index is 12.6. The predicted molar refractivity (Wildman–Crippen MR) is 135 cm³/mol. The van der Waals surface area contributed by atoms with Crippen molar-refractivity contribution in [1.82, 2.24) is 20.2 Å². The lowest BCUT2D eigenvalue weighted by molar-refractivity contribution is -0.119. The molecule has 0 bridgehead atoms. The molecule has 1 aromatic carbocycles. The number of thioether (sulfide) groups is 1. The molecule has 1 aliphatic heterocycles. The smallest absolute Gasteiger partial charge is 0.230 e. The Bertz CT molecular complexity index is 950. The first kappa shape index (κ1) is 24.8. The van der Waals surface area contributed by atoms with Crippen molar-refractivity contribution in [2.45, 2.75) is 62.7 Å². The normalized spacial score (nSPS) is 20.1. The van der Waals surface area contributed by atoms with E-state index in [4.69, 9.17) is 9.47 Å². The molecule has 34 heavy (non-hydrogen) atoms. The number of hydrogen-bond acceptors (Lipinski definition) is 7. The Labute approximate surface area is 207 Å². The SMILES string of the molecule is COc1ccc(-c2cnc(SCC(=O)NC(C)C3CCCN(C4CCCC4)C3)nc2)cc1OC. The fraction of sp³-hybridized carbons (Fsp3) is 0.577. The molecule has 1 saturated heterocycles. The van der Waals surface area contributed by atoms with E-state index < -0.39 is 0 Å². The largest absolute Gasteiger partial charge is 0.493 e. The molecular weight excluding hydrogens is 448 g/mol. The van der Waals surface area contributed by atoms with Gasteiger partial charge in [-0.3, -0.25) is 4.79 Å². The van der Waals surface area contributed by atoms with E-state index in [1.807, 2.05) is 18.2 Å². The summed E-state index contributed by atoms with van der Waals surface area (Å²) in [5.74, 6) is 2.23. The lowest BCUT2D eigenvalue weighted by atomic mass is 9.90. The Morgan fingerprint density at radius 2 is 1.82 bits per heavy atom. The zero-order valence-electron chi connectivity index (χ0n) is 20.5. The van der Waals surface area contributed by atoms with Crippen molar-refractivity contribution < 1.29 is 14.3 Å². The van der Waals surface area contributed by atoms with Crippen LogP contribution in [0.4, 0.5) is 0 Å². The second-order valence-electron chi connectivity index (χ2n) is 9.30. The van der Waals surface area contributed by atoms with Gasteiger partial charge in [0.1, 0.15) is 0 Å². The molecule has 1 saturated carbocycles. The number of carbonyl (C=O) groups excluding carboxylic acids is 1. The zero-order chi connectivity index (χ0) is 23.9. The summed E-state index contributed by atoms with van der Waals surface area (Å²) in [6, 6.07) is 6.66. The fourth-order valence-electron chi connectivity index (χ4n) is 5.15. The first-order valence-corrected chi connectivity index (χ1v) is 13.3. The van der Waals surface area contributed by atoms with E-state index in [9.17, 15) is 4.79 Å². The van der Waals surface area contributed by atoms with Gasteiger partial charge in [-0.05, 0) is 62.8 Å². The number of likely N-dealkylation sites (tertiary alicyclic amines) is 1. The Kier molecular flexibility index (Phi) is 8.67. The standard InChI is InChI=1S/C26H36N4O3S/c1-18(20-7-6-12-30(16-20)22-8-4-5-9-22)29-25(31)17-34-26-27-14-21(15-28-26)19-10-11-23(32-2)24(13-19)33-3/h10-11,13-15,18,20,22H,4-9,12,16-17H2,1-3H3,(H,29,31). The highest BCUT2D eigenvalue weighted by atomic mass is 32.2. The van der Waals surface area contributed by atoms with Crippen LogP contribution in [0.3, 0.4) is 0 Å². The van der Waals surface area contributed by atoms with Crippen LogP contribution in [0, 0.1) is 5.92 Å². The van der Waals surface area contributed by atoms with Crippen molar-refractivity contribution in [1.29, 1.82) is 0 Å². The van der Waals surface area contributed by atoms with Gasteiger partial charge in [-0.25, -0.2) is 9.97 Å². The number of aromatic nitrogens is 2. The van der Waals surface area contributed by atoms with Crippen LogP contribution < -0.4 is 14.8 Å². The summed E-state index contributed by atoms with van der Waals surface area (Å²) in [5.41, 5.74) is 1.83. The second kappa shape index (κ2) is 11.9. The monoisotopic (exact) mass is 484 g/mol. The molecule has 1 aliphatic carbocycles. The number of rotatable bonds is 9. The number of benzene rings is 1. The first-order valence-electron chi connectivity index (χ1n) is 12.3. The van der Waals surface area contributed by atoms with E-state index in [2.05, 4.69) is 27.1 Å². The van der Waals surface area contributed by atoms with Gasteiger partial charge in [0, 0.05) is 36.6 Å². The van der Waals surface area contributed by atoms with Crippen LogP contribution in [0.5, 0.6) is 11.5 Å². The minimum atomic E-state index is 0.0445. The zero-order valence-corrected chi connectivity index (χ0v) is 21.3. The number of methoxy groups -OCH3 is 2. The minimum Gasteiger partial charge on any atom is -0.493 e. The van der Waals surface area contributed by atoms with Crippen molar-refractivity contribution in [3.63, 3.8) is 0 Å². The number of carbonyl (C=O) groups is 1. The molecule has 0 spiro atoms. The summed E-state index contributed by atoms with van der Waals surface area (Å²) < 4.78 is 10.7. The average molecular weight is 485 g/mol. The number of nitrogens with one attached hydrogen (secondary N) is 1. The molecule has 2 aliphatic rings. The first-order chi connectivity index (χ1) is 16.6. The van der Waals surface area contributed by atoms with Gasteiger partial charge in [0.25, 0.3) is 0 Å². The summed E-state index contributed by atoms with van der Waals surface area (Å²) in [4.78, 5) is 24.2. The van der Waals surface area contributed by atoms with E-state index in [1.54, 1.807) is 26.6 Å². The third-order valence-corrected chi connectivity index (χ3v) is 7.98. The lowest BCUT2D eigenvalue weighted by Gasteiger charge is -2.39. The van der Waals surface area contributed by atoms with Crippen LogP contribution in [0.25, 0.3) is 11.1 Å². The lowest BCUT2D eigenvalue weighted by Crippen LogP contribution is -2.49. The molecule has 8 heteroatoms. The van der Waals surface area contributed by atoms with E-state index in [0.717, 1.165) is 23.7 Å². The molecule has 2 heterocycles. The molecule has 1 N–H and O–H groups in total. The van der Waals surface area contributed by atoms with Gasteiger partial charge in [-0.2, -0.15) is 0 Å². The highest BCUT2D eigenvalue weighted by Crippen LogP contribution is 2.32. The summed E-state index contributed by atoms with van der Waals surface area (Å²) in [6.45, 7) is 4.48. The number of nitrogens with zero attached hydrogens (tertiary/aromatic N) is 3. The maximum absolute atomic E-state index is 12.6. The van der Waals surface area contributed by atoms with E-state index in [-0.39, 0.29) is 11.9 Å². The fourth-order valence-corrected chi connectivity index (χ4v) is 5.75. The third kappa shape index (κ3) is 6.21. The number of hydrogen-bond donors (Lipinski definition) is 1. The molecular formula is C26H36N4O3S. The van der Waals surface area contributed by atoms with Gasteiger partial charge >= 0.3 is 0 Å². The molecule has 7 nitrogen and oxygen atoms in total. The van der Waals surface area contributed by atoms with Crippen molar-refractivity contribution in [2.75, 3.05) is 33.1 Å². The second-order valence-corrected chi connectivity index (χ2v) is 10.2. The quantitative estimate of drug-likeness (QED) is 0.417. The Hall–Kier alpha value is -2.32. The van der Waals surface area contributed by atoms with E-state index in [0.29, 0.717) is 28.3 Å². The molecule has 2 unspecified atom stereocenters. The van der Waals surface area contributed by atoms with E-state index in [1.165, 1.54) is 56.8 Å². The van der Waals surface area contributed by atoms with Crippen LogP contribution >= 0.6 is 11.8 Å². The molecule has 1 aromatic heterocycles. The third-order valence-electron chi connectivity index (χ3n) is 7.10. The molecule has 2 atom stereocenters. The van der Waals surface area contributed by atoms with Crippen LogP contribution in [0.2, 0.25) is 0 Å². The van der Waals surface area contributed by atoms with Crippen molar-refractivity contribution in [3.05, 3.63) is 30.6 Å². The summed E-state index contributed by atoms with van der Waals surface area (Å²) in [5, 5.41) is 3.82. The highest BCUT2D eigenvalue weighted by Gasteiger charge is 2.30. The number of ether oxygens (including phenoxy) is 2. The van der Waals surface area contributed by atoms with Crippen LogP contribution in [-0.2, 0) is 4.79 Å². The Balaban J connectivity index is 1.26. The molecule has 4 rings (SSSR count). The topological polar surface area (TPSA) is 76.6 Å². The molecule has 184 valence electrons. The van der Waals surface area contributed by atoms with Crippen molar-refractivity contribution >= 4 is 17.7 Å². The Morgan fingerprint density at radius 1 is 1.09 bits per heavy atom. The van der Waals surface area contributed by atoms with Gasteiger partial charge < -0.3 is 19.7 Å². The highest BCUT2D eigenvalue weighted by molar-refractivity contribution is 7.99. The molecule has 0 radical (unpaired) electrons. The molecule has 2 fully saturated rings. The molecule has 2 aromatic rings. The predicted octanol–water partition coefficient (Wildman–Crippen LogP) is 4.41. The van der Waals surface area contributed by atoms with Crippen molar-refractivity contribution in [2.24, 2.45) is 5.92 Å². The summed E-state index contributed by atoms with van der Waals surface area (Å²) in [7, 11) is 3.23. The molecule has 1 amide bonds. The summed E-state index contributed by atoms with van der Waals surface area (Å²) in [6.07, 6.45) is 11.4. The van der Waals surface area contributed by atoms with Gasteiger partial charge in [0.05, 0.1) is 20.0 Å². The van der Waals surface area contributed by atoms with Gasteiger partial charge in [-0.1, -0.05) is 30.7 Å². The summed E-state index contributed by atoms with van der Waals surface area (Å²) >= 11 is 1.37. The minimum absolute atomic E-state index is 0.0445. The van der Waals surface area contributed by atoms with Crippen LogP contribution in [0.1, 0.15) is 45.4 Å². The van der Waals surface area contributed by atoms with Gasteiger partial charge in [-0.15, -0.1) is 0 Å². The van der Waals surface area contributed by atoms with Crippen molar-refractivity contribution in [3.8, 4) is 22.6 Å².